The van der Waals surface area contributed by atoms with Crippen LogP contribution in [-0.2, 0) is 0 Å². The molecule has 0 aliphatic heterocycles. The molecule has 22 heavy (non-hydrogen) atoms. The van der Waals surface area contributed by atoms with Gasteiger partial charge in [-0.2, -0.15) is 0 Å². The van der Waals surface area contributed by atoms with Crippen LogP contribution >= 0.6 is 0 Å². The number of rotatable bonds is 0. The number of nitrogens with zero attached hydrogens (tertiary/aromatic N) is 1. The molecule has 124 valence electrons. The van der Waals surface area contributed by atoms with E-state index in [1.54, 1.807) is 0 Å². The standard InChI is InChI=1S/C19H31NO2/c1-18-9-7-13(20-22)11-12(18)3-4-14-15-5-6-17(21)19(15,2)10-8-16(14)18/h12,14-17,21-22H,3-11H2,1-2H3/b20-13-/t12-,14-,15+,16-,17-,18-,19-/m0/s1. The molecule has 0 amide bonds. The Morgan fingerprint density at radius 2 is 1.73 bits per heavy atom. The maximum absolute atomic E-state index is 10.5. The molecule has 0 bridgehead atoms. The Balaban J connectivity index is 1.62. The van der Waals surface area contributed by atoms with Gasteiger partial charge in [-0.3, -0.25) is 0 Å². The second-order valence-corrected chi connectivity index (χ2v) is 9.16. The highest BCUT2D eigenvalue weighted by molar-refractivity contribution is 5.85. The molecule has 4 aliphatic rings. The summed E-state index contributed by atoms with van der Waals surface area (Å²) in [6.07, 6.45) is 10.5. The summed E-state index contributed by atoms with van der Waals surface area (Å²) in [7, 11) is 0. The zero-order chi connectivity index (χ0) is 15.5. The minimum Gasteiger partial charge on any atom is -0.411 e. The van der Waals surface area contributed by atoms with E-state index < -0.39 is 0 Å². The molecule has 7 atom stereocenters. The predicted molar refractivity (Wildman–Crippen MR) is 87.0 cm³/mol. The van der Waals surface area contributed by atoms with E-state index in [9.17, 15) is 5.11 Å². The molecule has 0 saturated heterocycles. The lowest BCUT2D eigenvalue weighted by molar-refractivity contribution is -0.112. The third-order valence-electron chi connectivity index (χ3n) is 8.59. The maximum atomic E-state index is 10.5. The summed E-state index contributed by atoms with van der Waals surface area (Å²) in [5.41, 5.74) is 1.65. The number of fused-ring (bicyclic) bond motifs is 5. The third kappa shape index (κ3) is 1.87. The topological polar surface area (TPSA) is 52.8 Å². The molecule has 4 aliphatic carbocycles. The average molecular weight is 305 g/mol. The SMILES string of the molecule is C[C@]12CC[C@H]3[C@@H](CC[C@H]4C/C(=N\O)CC[C@@]43C)[C@H]1CC[C@@H]2O. The molecular weight excluding hydrogens is 274 g/mol. The first kappa shape index (κ1) is 15.0. The van der Waals surface area contributed by atoms with Crippen LogP contribution in [0.15, 0.2) is 5.16 Å². The van der Waals surface area contributed by atoms with Gasteiger partial charge in [0.2, 0.25) is 0 Å². The van der Waals surface area contributed by atoms with Crippen molar-refractivity contribution in [1.82, 2.24) is 0 Å². The first-order valence-corrected chi connectivity index (χ1v) is 9.37. The number of oxime groups is 1. The number of hydrogen-bond acceptors (Lipinski definition) is 3. The first-order valence-electron chi connectivity index (χ1n) is 9.37. The van der Waals surface area contributed by atoms with Gasteiger partial charge >= 0.3 is 0 Å². The van der Waals surface area contributed by atoms with Crippen LogP contribution in [0, 0.1) is 34.5 Å². The highest BCUT2D eigenvalue weighted by atomic mass is 16.4. The molecule has 3 heteroatoms. The van der Waals surface area contributed by atoms with Gasteiger partial charge in [-0.25, -0.2) is 0 Å². The van der Waals surface area contributed by atoms with E-state index in [-0.39, 0.29) is 11.5 Å². The van der Waals surface area contributed by atoms with Crippen LogP contribution in [-0.4, -0.2) is 22.1 Å². The Morgan fingerprint density at radius 3 is 2.50 bits per heavy atom. The maximum Gasteiger partial charge on any atom is 0.0596 e. The van der Waals surface area contributed by atoms with Crippen molar-refractivity contribution in [2.75, 3.05) is 0 Å². The minimum absolute atomic E-state index is 0.0662. The predicted octanol–water partition coefficient (Wildman–Crippen LogP) is 4.22. The summed E-state index contributed by atoms with van der Waals surface area (Å²) in [5, 5.41) is 23.2. The second-order valence-electron chi connectivity index (χ2n) is 9.16. The van der Waals surface area contributed by atoms with E-state index in [1.807, 2.05) is 0 Å². The van der Waals surface area contributed by atoms with E-state index in [0.717, 1.165) is 42.7 Å². The van der Waals surface area contributed by atoms with E-state index >= 15 is 0 Å². The molecule has 4 saturated carbocycles. The van der Waals surface area contributed by atoms with Crippen molar-refractivity contribution in [2.45, 2.75) is 77.7 Å². The Bertz CT molecular complexity index is 490. The summed E-state index contributed by atoms with van der Waals surface area (Å²) in [4.78, 5) is 0. The smallest absolute Gasteiger partial charge is 0.0596 e. The second kappa shape index (κ2) is 4.96. The fraction of sp³-hybridized carbons (Fsp3) is 0.947. The van der Waals surface area contributed by atoms with Gasteiger partial charge in [-0.15, -0.1) is 0 Å². The molecular formula is C19H31NO2. The number of aliphatic hydroxyl groups excluding tert-OH is 1. The summed E-state index contributed by atoms with van der Waals surface area (Å²) >= 11 is 0. The van der Waals surface area contributed by atoms with Gasteiger partial charge in [0.05, 0.1) is 11.8 Å². The van der Waals surface area contributed by atoms with E-state index in [0.29, 0.717) is 11.3 Å². The number of aliphatic hydroxyl groups is 1. The average Bonchev–Trinajstić information content (AvgIpc) is 2.82. The zero-order valence-corrected chi connectivity index (χ0v) is 14.1. The van der Waals surface area contributed by atoms with Crippen LogP contribution in [0.2, 0.25) is 0 Å². The van der Waals surface area contributed by atoms with Crippen LogP contribution in [0.25, 0.3) is 0 Å². The highest BCUT2D eigenvalue weighted by Gasteiger charge is 2.59. The molecule has 2 N–H and O–H groups in total. The van der Waals surface area contributed by atoms with Crippen LogP contribution in [0.5, 0.6) is 0 Å². The van der Waals surface area contributed by atoms with Crippen LogP contribution in [0.1, 0.15) is 71.6 Å². The van der Waals surface area contributed by atoms with Crippen molar-refractivity contribution >= 4 is 5.71 Å². The Kier molecular flexibility index (Phi) is 3.38. The fourth-order valence-corrected chi connectivity index (χ4v) is 7.12. The summed E-state index contributed by atoms with van der Waals surface area (Å²) in [6, 6.07) is 0. The highest BCUT2D eigenvalue weighted by Crippen LogP contribution is 2.65. The molecule has 0 aromatic carbocycles. The van der Waals surface area contributed by atoms with Crippen molar-refractivity contribution in [3.63, 3.8) is 0 Å². The van der Waals surface area contributed by atoms with Gasteiger partial charge in [0.15, 0.2) is 0 Å². The largest absolute Gasteiger partial charge is 0.411 e. The molecule has 4 fully saturated rings. The van der Waals surface area contributed by atoms with E-state index in [2.05, 4.69) is 19.0 Å². The molecule has 0 unspecified atom stereocenters. The van der Waals surface area contributed by atoms with Crippen molar-refractivity contribution in [1.29, 1.82) is 0 Å². The molecule has 0 radical (unpaired) electrons. The van der Waals surface area contributed by atoms with E-state index in [1.165, 1.54) is 38.5 Å². The quantitative estimate of drug-likeness (QED) is 0.520. The van der Waals surface area contributed by atoms with Crippen LogP contribution in [0.4, 0.5) is 0 Å². The molecule has 0 spiro atoms. The Hall–Kier alpha value is -0.570. The lowest BCUT2D eigenvalue weighted by Gasteiger charge is -2.60. The number of hydrogen-bond donors (Lipinski definition) is 2. The van der Waals surface area contributed by atoms with Crippen molar-refractivity contribution in [3.8, 4) is 0 Å². The zero-order valence-electron chi connectivity index (χ0n) is 14.1. The van der Waals surface area contributed by atoms with E-state index in [4.69, 9.17) is 5.21 Å². The molecule has 0 aromatic rings. The lowest BCUT2D eigenvalue weighted by Crippen LogP contribution is -2.54. The third-order valence-corrected chi connectivity index (χ3v) is 8.59. The summed E-state index contributed by atoms with van der Waals surface area (Å²) in [5.74, 6) is 3.11. The van der Waals surface area contributed by atoms with Gasteiger partial charge in [-0.1, -0.05) is 19.0 Å². The van der Waals surface area contributed by atoms with Crippen molar-refractivity contribution in [2.24, 2.45) is 39.7 Å². The monoisotopic (exact) mass is 305 g/mol. The minimum atomic E-state index is -0.0662. The van der Waals surface area contributed by atoms with Crippen molar-refractivity contribution in [3.05, 3.63) is 0 Å². The summed E-state index contributed by atoms with van der Waals surface area (Å²) in [6.45, 7) is 4.88. The van der Waals surface area contributed by atoms with Gasteiger partial charge < -0.3 is 10.3 Å². The van der Waals surface area contributed by atoms with Gasteiger partial charge in [0.1, 0.15) is 0 Å². The molecule has 0 aromatic heterocycles. The molecule has 4 rings (SSSR count). The van der Waals surface area contributed by atoms with Crippen molar-refractivity contribution < 1.29 is 10.3 Å². The fourth-order valence-electron chi connectivity index (χ4n) is 7.12. The Morgan fingerprint density at radius 1 is 0.955 bits per heavy atom. The summed E-state index contributed by atoms with van der Waals surface area (Å²) < 4.78 is 0. The Labute approximate surface area is 134 Å². The van der Waals surface area contributed by atoms with Crippen LogP contribution in [0.3, 0.4) is 0 Å². The molecule has 3 nitrogen and oxygen atoms in total. The normalized spacial score (nSPS) is 56.3. The first-order chi connectivity index (χ1) is 10.5. The van der Waals surface area contributed by atoms with Gasteiger partial charge in [-0.05, 0) is 92.3 Å². The molecule has 0 heterocycles. The van der Waals surface area contributed by atoms with Gasteiger partial charge in [0, 0.05) is 0 Å². The van der Waals surface area contributed by atoms with Crippen LogP contribution < -0.4 is 0 Å². The lowest BCUT2D eigenvalue weighted by atomic mass is 9.45. The van der Waals surface area contributed by atoms with Gasteiger partial charge in [0.25, 0.3) is 0 Å².